The van der Waals surface area contributed by atoms with Gasteiger partial charge in [0.25, 0.3) is 0 Å². The minimum atomic E-state index is 0.545. The van der Waals surface area contributed by atoms with E-state index in [2.05, 4.69) is 30.0 Å². The van der Waals surface area contributed by atoms with E-state index in [1.807, 2.05) is 12.1 Å². The van der Waals surface area contributed by atoms with Crippen molar-refractivity contribution in [2.45, 2.75) is 25.4 Å². The van der Waals surface area contributed by atoms with Gasteiger partial charge >= 0.3 is 0 Å². The van der Waals surface area contributed by atoms with Crippen LogP contribution in [0.1, 0.15) is 18.4 Å². The van der Waals surface area contributed by atoms with E-state index < -0.39 is 0 Å². The van der Waals surface area contributed by atoms with Crippen LogP contribution in [-0.2, 0) is 6.54 Å². The summed E-state index contributed by atoms with van der Waals surface area (Å²) in [5, 5.41) is 0.766. The van der Waals surface area contributed by atoms with Gasteiger partial charge in [-0.1, -0.05) is 11.6 Å². The first kappa shape index (κ1) is 13.7. The van der Waals surface area contributed by atoms with Crippen LogP contribution < -0.4 is 10.6 Å². The van der Waals surface area contributed by atoms with Crippen molar-refractivity contribution < 1.29 is 0 Å². The first-order valence-electron chi connectivity index (χ1n) is 6.51. The fourth-order valence-electron chi connectivity index (χ4n) is 2.65. The Labute approximate surface area is 115 Å². The number of hydrogen-bond acceptors (Lipinski definition) is 3. The molecule has 0 spiro atoms. The molecular formula is C14H22ClN3. The molecule has 0 unspecified atom stereocenters. The minimum absolute atomic E-state index is 0.545. The van der Waals surface area contributed by atoms with Gasteiger partial charge in [-0.15, -0.1) is 0 Å². The zero-order valence-electron chi connectivity index (χ0n) is 11.2. The lowest BCUT2D eigenvalue weighted by Crippen LogP contribution is -2.42. The number of anilines is 1. The number of piperidine rings is 1. The second-order valence-electron chi connectivity index (χ2n) is 5.16. The average molecular weight is 268 g/mol. The summed E-state index contributed by atoms with van der Waals surface area (Å²) in [5.74, 6) is 0. The van der Waals surface area contributed by atoms with Gasteiger partial charge in [0.15, 0.2) is 0 Å². The maximum Gasteiger partial charge on any atom is 0.0412 e. The first-order valence-corrected chi connectivity index (χ1v) is 6.89. The van der Waals surface area contributed by atoms with Crippen LogP contribution in [-0.4, -0.2) is 38.1 Å². The molecule has 0 saturated carbocycles. The summed E-state index contributed by atoms with van der Waals surface area (Å²) >= 11 is 6.02. The average Bonchev–Trinajstić information content (AvgIpc) is 2.38. The van der Waals surface area contributed by atoms with Gasteiger partial charge in [-0.25, -0.2) is 0 Å². The van der Waals surface area contributed by atoms with Gasteiger partial charge < -0.3 is 15.5 Å². The first-order chi connectivity index (χ1) is 8.61. The third-order valence-electron chi connectivity index (χ3n) is 3.80. The lowest BCUT2D eigenvalue weighted by Gasteiger charge is -2.37. The zero-order valence-corrected chi connectivity index (χ0v) is 12.0. The van der Waals surface area contributed by atoms with Gasteiger partial charge in [-0.05, 0) is 50.7 Å². The Morgan fingerprint density at radius 3 is 2.56 bits per heavy atom. The second-order valence-corrected chi connectivity index (χ2v) is 5.60. The maximum atomic E-state index is 6.02. The highest BCUT2D eigenvalue weighted by Crippen LogP contribution is 2.27. The highest BCUT2D eigenvalue weighted by Gasteiger charge is 2.21. The lowest BCUT2D eigenvalue weighted by atomic mass is 10.0. The highest BCUT2D eigenvalue weighted by molar-refractivity contribution is 6.30. The summed E-state index contributed by atoms with van der Waals surface area (Å²) < 4.78 is 0. The van der Waals surface area contributed by atoms with Crippen molar-refractivity contribution in [2.24, 2.45) is 5.73 Å². The molecule has 0 bridgehead atoms. The van der Waals surface area contributed by atoms with E-state index in [0.717, 1.165) is 23.7 Å². The molecule has 1 saturated heterocycles. The summed E-state index contributed by atoms with van der Waals surface area (Å²) in [5.41, 5.74) is 8.20. The molecule has 0 amide bonds. The Kier molecular flexibility index (Phi) is 4.49. The number of benzene rings is 1. The van der Waals surface area contributed by atoms with E-state index in [0.29, 0.717) is 12.6 Å². The molecule has 100 valence electrons. The molecule has 0 atom stereocenters. The van der Waals surface area contributed by atoms with Gasteiger partial charge in [0.05, 0.1) is 0 Å². The van der Waals surface area contributed by atoms with Crippen molar-refractivity contribution >= 4 is 17.3 Å². The third kappa shape index (κ3) is 2.97. The molecule has 1 aliphatic heterocycles. The molecule has 2 N–H and O–H groups in total. The van der Waals surface area contributed by atoms with Crippen LogP contribution in [0.4, 0.5) is 5.69 Å². The number of hydrogen-bond donors (Lipinski definition) is 1. The monoisotopic (exact) mass is 267 g/mol. The van der Waals surface area contributed by atoms with E-state index in [1.54, 1.807) is 0 Å². The molecule has 18 heavy (non-hydrogen) atoms. The Hall–Kier alpha value is -0.770. The van der Waals surface area contributed by atoms with Crippen LogP contribution >= 0.6 is 11.6 Å². The van der Waals surface area contributed by atoms with Crippen LogP contribution in [0, 0.1) is 0 Å². The van der Waals surface area contributed by atoms with E-state index in [-0.39, 0.29) is 0 Å². The third-order valence-corrected chi connectivity index (χ3v) is 4.03. The summed E-state index contributed by atoms with van der Waals surface area (Å²) in [4.78, 5) is 4.75. The van der Waals surface area contributed by atoms with Gasteiger partial charge in [0.1, 0.15) is 0 Å². The van der Waals surface area contributed by atoms with Crippen molar-refractivity contribution in [2.75, 3.05) is 32.1 Å². The summed E-state index contributed by atoms with van der Waals surface area (Å²) in [6, 6.07) is 6.73. The fourth-order valence-corrected chi connectivity index (χ4v) is 2.84. The maximum absolute atomic E-state index is 6.02. The molecule has 1 aromatic carbocycles. The Balaban J connectivity index is 2.09. The van der Waals surface area contributed by atoms with Crippen molar-refractivity contribution in [1.82, 2.24) is 4.90 Å². The van der Waals surface area contributed by atoms with Crippen molar-refractivity contribution in [3.8, 4) is 0 Å². The zero-order chi connectivity index (χ0) is 13.1. The quantitative estimate of drug-likeness (QED) is 0.912. The van der Waals surface area contributed by atoms with E-state index in [4.69, 9.17) is 17.3 Å². The standard InChI is InChI=1S/C14H22ClN3/c1-17(2)13-5-7-18(8-6-13)14-4-3-12(15)9-11(14)10-16/h3-4,9,13H,5-8,10,16H2,1-2H3. The molecule has 1 aliphatic rings. The molecule has 1 aromatic rings. The Bertz CT molecular complexity index is 398. The molecular weight excluding hydrogens is 246 g/mol. The van der Waals surface area contributed by atoms with Gasteiger partial charge in [-0.3, -0.25) is 0 Å². The largest absolute Gasteiger partial charge is 0.371 e. The van der Waals surface area contributed by atoms with Crippen molar-refractivity contribution in [1.29, 1.82) is 0 Å². The summed E-state index contributed by atoms with van der Waals surface area (Å²) in [6.07, 6.45) is 2.42. The van der Waals surface area contributed by atoms with Crippen LogP contribution in [0.25, 0.3) is 0 Å². The molecule has 0 aliphatic carbocycles. The number of nitrogens with two attached hydrogens (primary N) is 1. The van der Waals surface area contributed by atoms with Crippen molar-refractivity contribution in [3.63, 3.8) is 0 Å². The number of rotatable bonds is 3. The molecule has 1 heterocycles. The Morgan fingerprint density at radius 2 is 2.00 bits per heavy atom. The van der Waals surface area contributed by atoms with Crippen LogP contribution in [0.15, 0.2) is 18.2 Å². The van der Waals surface area contributed by atoms with Gasteiger partial charge in [0.2, 0.25) is 0 Å². The topological polar surface area (TPSA) is 32.5 Å². The number of nitrogens with zero attached hydrogens (tertiary/aromatic N) is 2. The van der Waals surface area contributed by atoms with E-state index >= 15 is 0 Å². The molecule has 0 aromatic heterocycles. The SMILES string of the molecule is CN(C)C1CCN(c2ccc(Cl)cc2CN)CC1. The van der Waals surface area contributed by atoms with Crippen LogP contribution in [0.3, 0.4) is 0 Å². The Morgan fingerprint density at radius 1 is 1.33 bits per heavy atom. The second kappa shape index (κ2) is 5.91. The van der Waals surface area contributed by atoms with Gasteiger partial charge in [-0.2, -0.15) is 0 Å². The van der Waals surface area contributed by atoms with Crippen LogP contribution in [0.2, 0.25) is 5.02 Å². The predicted molar refractivity (Wildman–Crippen MR) is 78.3 cm³/mol. The fraction of sp³-hybridized carbons (Fsp3) is 0.571. The highest BCUT2D eigenvalue weighted by atomic mass is 35.5. The minimum Gasteiger partial charge on any atom is -0.371 e. The number of halogens is 1. The summed E-state index contributed by atoms with van der Waals surface area (Å²) in [7, 11) is 4.32. The molecule has 1 fully saturated rings. The predicted octanol–water partition coefficient (Wildman–Crippen LogP) is 2.33. The smallest absolute Gasteiger partial charge is 0.0412 e. The summed E-state index contributed by atoms with van der Waals surface area (Å²) in [6.45, 7) is 2.73. The lowest BCUT2D eigenvalue weighted by molar-refractivity contribution is 0.249. The van der Waals surface area contributed by atoms with E-state index in [1.165, 1.54) is 18.5 Å². The van der Waals surface area contributed by atoms with Gasteiger partial charge in [0, 0.05) is 36.4 Å². The normalized spacial score (nSPS) is 17.5. The van der Waals surface area contributed by atoms with Crippen molar-refractivity contribution in [3.05, 3.63) is 28.8 Å². The molecule has 4 heteroatoms. The molecule has 0 radical (unpaired) electrons. The van der Waals surface area contributed by atoms with Crippen LogP contribution in [0.5, 0.6) is 0 Å². The van der Waals surface area contributed by atoms with E-state index in [9.17, 15) is 0 Å². The molecule has 2 rings (SSSR count). The molecule has 3 nitrogen and oxygen atoms in total.